The topological polar surface area (TPSA) is 72.9 Å². The first-order valence-corrected chi connectivity index (χ1v) is 17.4. The van der Waals surface area contributed by atoms with E-state index in [1.54, 1.807) is 0 Å². The molecule has 1 amide bonds. The second kappa shape index (κ2) is 28.9. The number of carbonyl (C=O) groups excluding carboxylic acids is 3. The van der Waals surface area contributed by atoms with Crippen molar-refractivity contribution in [2.75, 3.05) is 26.3 Å². The first kappa shape index (κ1) is 41.2. The lowest BCUT2D eigenvalue weighted by Crippen LogP contribution is -2.44. The third-order valence-corrected chi connectivity index (χ3v) is 7.75. The van der Waals surface area contributed by atoms with Crippen LogP contribution in [0.15, 0.2) is 0 Å². The van der Waals surface area contributed by atoms with E-state index in [0.29, 0.717) is 17.7 Å². The average Bonchev–Trinajstić information content (AvgIpc) is 2.97. The summed E-state index contributed by atoms with van der Waals surface area (Å²) in [5.41, 5.74) is 0. The minimum Gasteiger partial charge on any atom is -0.464 e. The molecular weight excluding hydrogens is 559 g/mol. The molecule has 6 nitrogen and oxygen atoms in total. The van der Waals surface area contributed by atoms with Crippen molar-refractivity contribution in [2.24, 2.45) is 0 Å². The van der Waals surface area contributed by atoms with Crippen molar-refractivity contribution in [1.29, 1.82) is 0 Å². The fourth-order valence-electron chi connectivity index (χ4n) is 5.04. The van der Waals surface area contributed by atoms with Crippen molar-refractivity contribution in [1.82, 2.24) is 4.90 Å². The van der Waals surface area contributed by atoms with Crippen molar-refractivity contribution in [2.45, 2.75) is 174 Å². The largest absolute Gasteiger partial charge is 0.471 e. The molecule has 0 heterocycles. The fraction of sp³-hybridized carbons (Fsp3) is 0.912. The standard InChI is InChI=1S/C34H62F3NO5/c1-3-5-7-9-11-13-15-17-19-21-23-25-31(39)42-29-27-38(33(41)34(35,36)37)28-30-43-32(40)26-24-22-20-18-16-14-12-10-8-6-4-2/h3-30H2,1-2H3. The maximum atomic E-state index is 13.0. The number of nitrogens with zero attached hydrogens (tertiary/aromatic N) is 1. The minimum atomic E-state index is -5.06. The van der Waals surface area contributed by atoms with Crippen LogP contribution in [0.25, 0.3) is 0 Å². The summed E-state index contributed by atoms with van der Waals surface area (Å²) in [7, 11) is 0. The minimum absolute atomic E-state index is 0.209. The molecule has 0 aromatic carbocycles. The van der Waals surface area contributed by atoms with Gasteiger partial charge in [0.05, 0.1) is 13.1 Å². The van der Waals surface area contributed by atoms with Crippen molar-refractivity contribution in [3.63, 3.8) is 0 Å². The number of alkyl halides is 3. The van der Waals surface area contributed by atoms with Gasteiger partial charge in [-0.25, -0.2) is 0 Å². The zero-order valence-corrected chi connectivity index (χ0v) is 27.4. The van der Waals surface area contributed by atoms with E-state index in [9.17, 15) is 27.6 Å². The number of hydrogen-bond acceptors (Lipinski definition) is 5. The molecule has 0 aliphatic carbocycles. The van der Waals surface area contributed by atoms with E-state index in [1.165, 1.54) is 89.9 Å². The van der Waals surface area contributed by atoms with Gasteiger partial charge in [0.25, 0.3) is 0 Å². The number of hydrogen-bond donors (Lipinski definition) is 0. The van der Waals surface area contributed by atoms with Crippen molar-refractivity contribution >= 4 is 17.8 Å². The second-order valence-electron chi connectivity index (χ2n) is 11.8. The summed E-state index contributed by atoms with van der Waals surface area (Å²) in [6.07, 6.45) is 20.7. The van der Waals surface area contributed by atoms with Gasteiger partial charge in [-0.1, -0.05) is 142 Å². The predicted molar refractivity (Wildman–Crippen MR) is 167 cm³/mol. The van der Waals surface area contributed by atoms with Crippen LogP contribution in [0.3, 0.4) is 0 Å². The van der Waals surface area contributed by atoms with Gasteiger partial charge in [0.1, 0.15) is 13.2 Å². The van der Waals surface area contributed by atoms with E-state index in [4.69, 9.17) is 9.47 Å². The molecule has 9 heteroatoms. The number of halogens is 3. The van der Waals surface area contributed by atoms with Gasteiger partial charge in [-0.05, 0) is 12.8 Å². The van der Waals surface area contributed by atoms with Crippen LogP contribution >= 0.6 is 0 Å². The number of rotatable bonds is 30. The van der Waals surface area contributed by atoms with Crippen LogP contribution < -0.4 is 0 Å². The lowest BCUT2D eigenvalue weighted by Gasteiger charge is -2.23. The van der Waals surface area contributed by atoms with Crippen molar-refractivity contribution in [3.8, 4) is 0 Å². The van der Waals surface area contributed by atoms with Gasteiger partial charge in [0.2, 0.25) is 0 Å². The molecule has 0 atom stereocenters. The lowest BCUT2D eigenvalue weighted by atomic mass is 10.1. The zero-order valence-electron chi connectivity index (χ0n) is 27.4. The Hall–Kier alpha value is -1.80. The summed E-state index contributed by atoms with van der Waals surface area (Å²) in [6.45, 7) is 2.95. The molecule has 0 aliphatic heterocycles. The van der Waals surface area contributed by atoms with Crippen LogP contribution in [0.4, 0.5) is 13.2 Å². The number of esters is 2. The number of ether oxygens (including phenoxy) is 2. The highest BCUT2D eigenvalue weighted by atomic mass is 19.4. The highest BCUT2D eigenvalue weighted by molar-refractivity contribution is 5.82. The van der Waals surface area contributed by atoms with E-state index in [2.05, 4.69) is 13.8 Å². The van der Waals surface area contributed by atoms with Crippen LogP contribution in [0.5, 0.6) is 0 Å². The summed E-state index contributed by atoms with van der Waals surface area (Å²) in [4.78, 5) is 36.3. The molecule has 0 rings (SSSR count). The van der Waals surface area contributed by atoms with Gasteiger partial charge in [0, 0.05) is 12.8 Å². The van der Waals surface area contributed by atoms with Gasteiger partial charge in [0.15, 0.2) is 0 Å². The lowest BCUT2D eigenvalue weighted by molar-refractivity contribution is -0.187. The number of carbonyl (C=O) groups is 3. The Kier molecular flexibility index (Phi) is 27.7. The Balaban J connectivity index is 4.00. The third-order valence-electron chi connectivity index (χ3n) is 7.75. The molecule has 0 bridgehead atoms. The Morgan fingerprint density at radius 1 is 0.488 bits per heavy atom. The Labute approximate surface area is 260 Å². The van der Waals surface area contributed by atoms with Gasteiger partial charge in [-0.2, -0.15) is 13.2 Å². The Bertz CT molecular complexity index is 643. The molecule has 0 aliphatic rings. The average molecular weight is 622 g/mol. The number of amides is 1. The first-order valence-electron chi connectivity index (χ1n) is 17.4. The zero-order chi connectivity index (χ0) is 32.0. The molecular formula is C34H62F3NO5. The number of unbranched alkanes of at least 4 members (excludes halogenated alkanes) is 20. The van der Waals surface area contributed by atoms with E-state index >= 15 is 0 Å². The van der Waals surface area contributed by atoms with Crippen LogP contribution in [0.1, 0.15) is 168 Å². The molecule has 0 unspecified atom stereocenters. The maximum absolute atomic E-state index is 13.0. The molecule has 254 valence electrons. The molecule has 0 saturated heterocycles. The monoisotopic (exact) mass is 621 g/mol. The summed E-state index contributed by atoms with van der Waals surface area (Å²) in [5.74, 6) is -2.99. The highest BCUT2D eigenvalue weighted by Crippen LogP contribution is 2.19. The summed E-state index contributed by atoms with van der Waals surface area (Å²) in [6, 6.07) is 0. The summed E-state index contributed by atoms with van der Waals surface area (Å²) >= 11 is 0. The normalized spacial score (nSPS) is 11.5. The Morgan fingerprint density at radius 2 is 0.767 bits per heavy atom. The summed E-state index contributed by atoms with van der Waals surface area (Å²) in [5, 5.41) is 0. The van der Waals surface area contributed by atoms with Gasteiger partial charge >= 0.3 is 24.0 Å². The molecule has 0 aromatic heterocycles. The maximum Gasteiger partial charge on any atom is 0.471 e. The van der Waals surface area contributed by atoms with E-state index in [-0.39, 0.29) is 26.1 Å². The predicted octanol–water partition coefficient (Wildman–Crippen LogP) is 9.87. The van der Waals surface area contributed by atoms with Gasteiger partial charge in [-0.3, -0.25) is 14.4 Å². The van der Waals surface area contributed by atoms with E-state index < -0.39 is 37.1 Å². The highest BCUT2D eigenvalue weighted by Gasteiger charge is 2.42. The van der Waals surface area contributed by atoms with Crippen LogP contribution in [0.2, 0.25) is 0 Å². The van der Waals surface area contributed by atoms with Crippen LogP contribution in [-0.4, -0.2) is 55.2 Å². The second-order valence-corrected chi connectivity index (χ2v) is 11.8. The fourth-order valence-corrected chi connectivity index (χ4v) is 5.04. The Morgan fingerprint density at radius 3 is 1.05 bits per heavy atom. The SMILES string of the molecule is CCCCCCCCCCCCCC(=O)OCCN(CCOC(=O)CCCCCCCCCCCCC)C(=O)C(F)(F)F. The van der Waals surface area contributed by atoms with Crippen molar-refractivity contribution in [3.05, 3.63) is 0 Å². The van der Waals surface area contributed by atoms with Gasteiger partial charge < -0.3 is 14.4 Å². The molecule has 0 fully saturated rings. The van der Waals surface area contributed by atoms with E-state index in [1.807, 2.05) is 0 Å². The molecule has 0 aromatic rings. The third kappa shape index (κ3) is 27.5. The smallest absolute Gasteiger partial charge is 0.464 e. The summed E-state index contributed by atoms with van der Waals surface area (Å²) < 4.78 is 49.2. The molecule has 0 spiro atoms. The quantitative estimate of drug-likeness (QED) is 0.0590. The van der Waals surface area contributed by atoms with Gasteiger partial charge in [-0.15, -0.1) is 0 Å². The van der Waals surface area contributed by atoms with Crippen LogP contribution in [0, 0.1) is 0 Å². The van der Waals surface area contributed by atoms with E-state index in [0.717, 1.165) is 38.5 Å². The molecule has 0 radical (unpaired) electrons. The first-order chi connectivity index (χ1) is 20.7. The molecule has 43 heavy (non-hydrogen) atoms. The molecule has 0 saturated carbocycles. The van der Waals surface area contributed by atoms with Crippen molar-refractivity contribution < 1.29 is 37.0 Å². The molecule has 0 N–H and O–H groups in total. The van der Waals surface area contributed by atoms with Crippen LogP contribution in [-0.2, 0) is 23.9 Å².